The molecule has 2 aromatic heterocycles. The zero-order valence-electron chi connectivity index (χ0n) is 10.3. The number of nitrogen functional groups attached to an aromatic ring is 1. The van der Waals surface area contributed by atoms with Gasteiger partial charge < -0.3 is 10.5 Å². The van der Waals surface area contributed by atoms with Crippen molar-refractivity contribution >= 4 is 21.6 Å². The monoisotopic (exact) mass is 307 g/mol. The number of halogens is 1. The van der Waals surface area contributed by atoms with Gasteiger partial charge in [-0.2, -0.15) is 0 Å². The number of rotatable bonds is 3. The van der Waals surface area contributed by atoms with E-state index in [1.165, 1.54) is 0 Å². The molecule has 94 valence electrons. The molecule has 5 heteroatoms. The standard InChI is InChI=1S/C13H14BrN3O/c1-8-10(6-16-7-11(8)15)5-9-3-4-17-13(14)12(9)18-2/h3-4,6-7H,5,15H2,1-2H3. The van der Waals surface area contributed by atoms with Gasteiger partial charge in [0.1, 0.15) is 4.60 Å². The quantitative estimate of drug-likeness (QED) is 0.886. The van der Waals surface area contributed by atoms with Gasteiger partial charge in [-0.25, -0.2) is 4.98 Å². The van der Waals surface area contributed by atoms with Crippen molar-refractivity contribution in [3.8, 4) is 5.75 Å². The summed E-state index contributed by atoms with van der Waals surface area (Å²) in [6.45, 7) is 2.00. The van der Waals surface area contributed by atoms with Gasteiger partial charge in [-0.1, -0.05) is 0 Å². The van der Waals surface area contributed by atoms with Gasteiger partial charge in [0.2, 0.25) is 0 Å². The minimum absolute atomic E-state index is 0.706. The predicted molar refractivity (Wildman–Crippen MR) is 74.7 cm³/mol. The first-order valence-electron chi connectivity index (χ1n) is 5.49. The van der Waals surface area contributed by atoms with Crippen LogP contribution >= 0.6 is 15.9 Å². The van der Waals surface area contributed by atoms with E-state index in [4.69, 9.17) is 10.5 Å². The molecule has 0 fully saturated rings. The molecule has 0 aliphatic heterocycles. The lowest BCUT2D eigenvalue weighted by Crippen LogP contribution is -2.01. The van der Waals surface area contributed by atoms with E-state index in [0.29, 0.717) is 16.7 Å². The third kappa shape index (κ3) is 2.46. The predicted octanol–water partition coefficient (Wildman–Crippen LogP) is 2.73. The first-order valence-corrected chi connectivity index (χ1v) is 6.29. The second kappa shape index (κ2) is 5.35. The Hall–Kier alpha value is -1.62. The van der Waals surface area contributed by atoms with Gasteiger partial charge in [0.25, 0.3) is 0 Å². The zero-order valence-corrected chi connectivity index (χ0v) is 11.9. The SMILES string of the molecule is COc1c(Cc2cncc(N)c2C)ccnc1Br. The van der Waals surface area contributed by atoms with Gasteiger partial charge >= 0.3 is 0 Å². The fraction of sp³-hybridized carbons (Fsp3) is 0.231. The Morgan fingerprint density at radius 1 is 1.33 bits per heavy atom. The number of hydrogen-bond acceptors (Lipinski definition) is 4. The van der Waals surface area contributed by atoms with E-state index >= 15 is 0 Å². The van der Waals surface area contributed by atoms with Crippen molar-refractivity contribution in [3.63, 3.8) is 0 Å². The van der Waals surface area contributed by atoms with E-state index in [0.717, 1.165) is 22.4 Å². The van der Waals surface area contributed by atoms with Crippen LogP contribution in [0.5, 0.6) is 5.75 Å². The van der Waals surface area contributed by atoms with Crippen LogP contribution in [0.2, 0.25) is 0 Å². The normalized spacial score (nSPS) is 10.4. The van der Waals surface area contributed by atoms with Crippen molar-refractivity contribution in [1.29, 1.82) is 0 Å². The van der Waals surface area contributed by atoms with E-state index in [1.54, 1.807) is 19.5 Å². The van der Waals surface area contributed by atoms with Crippen LogP contribution in [0.25, 0.3) is 0 Å². The molecule has 0 amide bonds. The van der Waals surface area contributed by atoms with Crippen LogP contribution in [0.1, 0.15) is 16.7 Å². The number of nitrogens with zero attached hydrogens (tertiary/aromatic N) is 2. The van der Waals surface area contributed by atoms with Gasteiger partial charge in [0.05, 0.1) is 19.0 Å². The minimum atomic E-state index is 0.706. The summed E-state index contributed by atoms with van der Waals surface area (Å²) in [6, 6.07) is 1.94. The molecular weight excluding hydrogens is 294 g/mol. The molecule has 18 heavy (non-hydrogen) atoms. The molecule has 0 atom stereocenters. The van der Waals surface area contributed by atoms with E-state index in [9.17, 15) is 0 Å². The fourth-order valence-electron chi connectivity index (χ4n) is 1.78. The average Bonchev–Trinajstić information content (AvgIpc) is 2.35. The zero-order chi connectivity index (χ0) is 13.1. The van der Waals surface area contributed by atoms with Crippen LogP contribution < -0.4 is 10.5 Å². The Bertz CT molecular complexity index is 572. The molecule has 2 rings (SSSR count). The number of hydrogen-bond donors (Lipinski definition) is 1. The molecule has 0 spiro atoms. The molecule has 0 radical (unpaired) electrons. The number of pyridine rings is 2. The minimum Gasteiger partial charge on any atom is -0.494 e. The summed E-state index contributed by atoms with van der Waals surface area (Å²) in [5.41, 5.74) is 9.76. The first-order chi connectivity index (χ1) is 8.63. The van der Waals surface area contributed by atoms with Crippen LogP contribution in [0.4, 0.5) is 5.69 Å². The fourth-order valence-corrected chi connectivity index (χ4v) is 2.32. The molecule has 0 unspecified atom stereocenters. The smallest absolute Gasteiger partial charge is 0.155 e. The number of ether oxygens (including phenoxy) is 1. The van der Waals surface area contributed by atoms with Crippen LogP contribution in [-0.4, -0.2) is 17.1 Å². The lowest BCUT2D eigenvalue weighted by atomic mass is 10.0. The van der Waals surface area contributed by atoms with E-state index < -0.39 is 0 Å². The van der Waals surface area contributed by atoms with Crippen molar-refractivity contribution in [3.05, 3.63) is 46.0 Å². The van der Waals surface area contributed by atoms with E-state index in [-0.39, 0.29) is 0 Å². The molecule has 0 aliphatic carbocycles. The maximum atomic E-state index is 5.86. The molecule has 0 saturated carbocycles. The van der Waals surface area contributed by atoms with Gasteiger partial charge in [-0.05, 0) is 40.0 Å². The highest BCUT2D eigenvalue weighted by Gasteiger charge is 2.11. The topological polar surface area (TPSA) is 61.0 Å². The van der Waals surface area contributed by atoms with Crippen LogP contribution in [0.3, 0.4) is 0 Å². The second-order valence-corrected chi connectivity index (χ2v) is 4.73. The molecule has 2 heterocycles. The van der Waals surface area contributed by atoms with Gasteiger partial charge in [0.15, 0.2) is 5.75 Å². The lowest BCUT2D eigenvalue weighted by molar-refractivity contribution is 0.405. The molecule has 0 aliphatic rings. The molecule has 4 nitrogen and oxygen atoms in total. The summed E-state index contributed by atoms with van der Waals surface area (Å²) < 4.78 is 6.06. The number of methoxy groups -OCH3 is 1. The van der Waals surface area contributed by atoms with Crippen molar-refractivity contribution in [2.45, 2.75) is 13.3 Å². The summed E-state index contributed by atoms with van der Waals surface area (Å²) >= 11 is 3.38. The molecule has 2 aromatic rings. The van der Waals surface area contributed by atoms with Crippen molar-refractivity contribution in [2.24, 2.45) is 0 Å². The van der Waals surface area contributed by atoms with Crippen molar-refractivity contribution in [1.82, 2.24) is 9.97 Å². The van der Waals surface area contributed by atoms with Crippen LogP contribution in [0.15, 0.2) is 29.3 Å². The van der Waals surface area contributed by atoms with Gasteiger partial charge in [-0.15, -0.1) is 0 Å². The molecule has 0 saturated heterocycles. The maximum absolute atomic E-state index is 5.86. The molecule has 0 bridgehead atoms. The van der Waals surface area contributed by atoms with Gasteiger partial charge in [0, 0.05) is 24.4 Å². The Morgan fingerprint density at radius 3 is 2.83 bits per heavy atom. The Balaban J connectivity index is 2.40. The number of nitrogens with two attached hydrogens (primary N) is 1. The highest BCUT2D eigenvalue weighted by Crippen LogP contribution is 2.29. The summed E-state index contributed by atoms with van der Waals surface area (Å²) in [4.78, 5) is 8.27. The summed E-state index contributed by atoms with van der Waals surface area (Å²) in [5.74, 6) is 0.749. The molecule has 0 aromatic carbocycles. The van der Waals surface area contributed by atoms with Gasteiger partial charge in [-0.3, -0.25) is 4.98 Å². The summed E-state index contributed by atoms with van der Waals surface area (Å²) in [7, 11) is 1.63. The largest absolute Gasteiger partial charge is 0.494 e. The Morgan fingerprint density at radius 2 is 2.11 bits per heavy atom. The van der Waals surface area contributed by atoms with Crippen LogP contribution in [-0.2, 0) is 6.42 Å². The third-order valence-electron chi connectivity index (χ3n) is 2.89. The van der Waals surface area contributed by atoms with Crippen LogP contribution in [0, 0.1) is 6.92 Å². The summed E-state index contributed by atoms with van der Waals surface area (Å²) in [5, 5.41) is 0. The number of aromatic nitrogens is 2. The second-order valence-electron chi connectivity index (χ2n) is 3.98. The number of anilines is 1. The Labute approximate surface area is 114 Å². The van der Waals surface area contributed by atoms with E-state index in [1.807, 2.05) is 19.2 Å². The molecule has 2 N–H and O–H groups in total. The highest BCUT2D eigenvalue weighted by atomic mass is 79.9. The lowest BCUT2D eigenvalue weighted by Gasteiger charge is -2.11. The van der Waals surface area contributed by atoms with Crippen molar-refractivity contribution < 1.29 is 4.74 Å². The van der Waals surface area contributed by atoms with E-state index in [2.05, 4.69) is 25.9 Å². The van der Waals surface area contributed by atoms with Crippen molar-refractivity contribution in [2.75, 3.05) is 12.8 Å². The molecular formula is C13H14BrN3O. The Kier molecular flexibility index (Phi) is 3.81. The highest BCUT2D eigenvalue weighted by molar-refractivity contribution is 9.10. The summed E-state index contributed by atoms with van der Waals surface area (Å²) in [6.07, 6.45) is 5.96. The third-order valence-corrected chi connectivity index (χ3v) is 3.45. The first kappa shape index (κ1) is 12.8. The average molecular weight is 308 g/mol. The maximum Gasteiger partial charge on any atom is 0.155 e.